The number of aromatic nitrogens is 3. The minimum Gasteiger partial charge on any atom is -0.490 e. The molecular weight excluding hydrogens is 417 g/mol. The number of fused-ring (bicyclic) bond motifs is 1. The lowest BCUT2D eigenvalue weighted by molar-refractivity contribution is 0.363. The van der Waals surface area contributed by atoms with Crippen molar-refractivity contribution in [3.8, 4) is 17.1 Å². The molecule has 0 unspecified atom stereocenters. The normalized spacial score (nSPS) is 11.9. The van der Waals surface area contributed by atoms with Crippen molar-refractivity contribution in [2.45, 2.75) is 0 Å². The zero-order chi connectivity index (χ0) is 19.7. The summed E-state index contributed by atoms with van der Waals surface area (Å²) in [5.41, 5.74) is 1.27. The lowest BCUT2D eigenvalue weighted by Crippen LogP contribution is -2.23. The SMILES string of the molecule is C=CCOc1ccc(-c2nc3s/c(=C\c4ccc(Cl)cc4Cl)c(=O)n3n2)cc1. The highest BCUT2D eigenvalue weighted by Crippen LogP contribution is 2.22. The molecule has 0 spiro atoms. The fraction of sp³-hybridized carbons (Fsp3) is 0.0500. The molecule has 5 nitrogen and oxygen atoms in total. The third-order valence-electron chi connectivity index (χ3n) is 3.91. The summed E-state index contributed by atoms with van der Waals surface area (Å²) >= 11 is 13.4. The van der Waals surface area contributed by atoms with Crippen LogP contribution in [0.1, 0.15) is 5.56 Å². The number of thiazole rings is 1. The molecule has 4 aromatic rings. The number of benzene rings is 2. The molecule has 0 N–H and O–H groups in total. The van der Waals surface area contributed by atoms with E-state index in [2.05, 4.69) is 16.7 Å². The number of halogens is 2. The first-order chi connectivity index (χ1) is 13.5. The number of rotatable bonds is 5. The molecule has 0 amide bonds. The minimum atomic E-state index is -0.240. The van der Waals surface area contributed by atoms with E-state index in [-0.39, 0.29) is 5.56 Å². The van der Waals surface area contributed by atoms with Gasteiger partial charge in [0.15, 0.2) is 5.82 Å². The van der Waals surface area contributed by atoms with Crippen molar-refractivity contribution in [1.82, 2.24) is 14.6 Å². The summed E-state index contributed by atoms with van der Waals surface area (Å²) in [6.45, 7) is 4.06. The standard InChI is InChI=1S/C20H13Cl2N3O2S/c1-2-9-27-15-7-4-12(5-8-15)18-23-20-25(24-18)19(26)17(28-20)10-13-3-6-14(21)11-16(13)22/h2-8,10-11H,1,9H2/b17-10-. The number of nitrogens with zero attached hydrogens (tertiary/aromatic N) is 3. The van der Waals surface area contributed by atoms with Crippen LogP contribution < -0.4 is 14.8 Å². The molecule has 140 valence electrons. The fourth-order valence-corrected chi connectivity index (χ4v) is 3.93. The Labute approximate surface area is 174 Å². The second-order valence-electron chi connectivity index (χ2n) is 5.84. The van der Waals surface area contributed by atoms with E-state index in [1.165, 1.54) is 15.9 Å². The van der Waals surface area contributed by atoms with Crippen molar-refractivity contribution in [2.24, 2.45) is 0 Å². The molecule has 8 heteroatoms. The quantitative estimate of drug-likeness (QED) is 0.445. The Balaban J connectivity index is 1.69. The van der Waals surface area contributed by atoms with Crippen molar-refractivity contribution < 1.29 is 4.74 Å². The Kier molecular flexibility index (Phi) is 5.17. The molecule has 28 heavy (non-hydrogen) atoms. The summed E-state index contributed by atoms with van der Waals surface area (Å²) < 4.78 is 7.27. The summed E-state index contributed by atoms with van der Waals surface area (Å²) in [5.74, 6) is 1.21. The second kappa shape index (κ2) is 7.75. The number of hydrogen-bond acceptors (Lipinski definition) is 5. The van der Waals surface area contributed by atoms with Crippen LogP contribution >= 0.6 is 34.5 Å². The first kappa shape index (κ1) is 18.7. The third-order valence-corrected chi connectivity index (χ3v) is 5.43. The first-order valence-corrected chi connectivity index (χ1v) is 9.83. The molecule has 0 aliphatic heterocycles. The van der Waals surface area contributed by atoms with E-state index < -0.39 is 0 Å². The summed E-state index contributed by atoms with van der Waals surface area (Å²) in [5, 5.41) is 5.36. The molecule has 0 atom stereocenters. The van der Waals surface area contributed by atoms with E-state index in [4.69, 9.17) is 27.9 Å². The van der Waals surface area contributed by atoms with Crippen molar-refractivity contribution in [1.29, 1.82) is 0 Å². The number of hydrogen-bond donors (Lipinski definition) is 0. The van der Waals surface area contributed by atoms with Crippen LogP contribution in [0.15, 0.2) is 59.9 Å². The molecule has 2 heterocycles. The topological polar surface area (TPSA) is 56.5 Å². The van der Waals surface area contributed by atoms with Gasteiger partial charge in [0.05, 0.1) is 4.53 Å². The molecule has 2 aromatic carbocycles. The van der Waals surface area contributed by atoms with Crippen LogP contribution in [0.2, 0.25) is 10.0 Å². The van der Waals surface area contributed by atoms with Crippen LogP contribution in [0, 0.1) is 0 Å². The highest BCUT2D eigenvalue weighted by molar-refractivity contribution is 7.15. The van der Waals surface area contributed by atoms with Crippen molar-refractivity contribution in [2.75, 3.05) is 6.61 Å². The van der Waals surface area contributed by atoms with Crippen molar-refractivity contribution >= 4 is 45.6 Å². The zero-order valence-electron chi connectivity index (χ0n) is 14.4. The van der Waals surface area contributed by atoms with Gasteiger partial charge in [0, 0.05) is 15.6 Å². The van der Waals surface area contributed by atoms with Gasteiger partial charge in [-0.15, -0.1) is 5.10 Å². The van der Waals surface area contributed by atoms with Gasteiger partial charge < -0.3 is 4.74 Å². The molecular formula is C20H13Cl2N3O2S. The average molecular weight is 430 g/mol. The molecule has 0 aliphatic rings. The monoisotopic (exact) mass is 429 g/mol. The van der Waals surface area contributed by atoms with Crippen LogP contribution in [-0.4, -0.2) is 21.2 Å². The van der Waals surface area contributed by atoms with Crippen LogP contribution in [-0.2, 0) is 0 Å². The van der Waals surface area contributed by atoms with E-state index in [0.717, 1.165) is 11.3 Å². The van der Waals surface area contributed by atoms with Gasteiger partial charge in [0.25, 0.3) is 5.56 Å². The second-order valence-corrected chi connectivity index (χ2v) is 7.69. The summed E-state index contributed by atoms with van der Waals surface area (Å²) in [6.07, 6.45) is 3.40. The molecule has 0 aliphatic carbocycles. The maximum atomic E-state index is 12.7. The highest BCUT2D eigenvalue weighted by atomic mass is 35.5. The molecule has 0 saturated heterocycles. The summed E-state index contributed by atoms with van der Waals surface area (Å²) in [7, 11) is 0. The fourth-order valence-electron chi connectivity index (χ4n) is 2.57. The largest absolute Gasteiger partial charge is 0.490 e. The predicted octanol–water partition coefficient (Wildman–Crippen LogP) is 4.24. The zero-order valence-corrected chi connectivity index (χ0v) is 16.8. The van der Waals surface area contributed by atoms with Gasteiger partial charge in [-0.3, -0.25) is 4.79 Å². The van der Waals surface area contributed by atoms with Gasteiger partial charge in [-0.25, -0.2) is 0 Å². The van der Waals surface area contributed by atoms with Gasteiger partial charge in [0.2, 0.25) is 4.96 Å². The van der Waals surface area contributed by atoms with E-state index in [1.807, 2.05) is 24.3 Å². The Bertz CT molecular complexity index is 1280. The van der Waals surface area contributed by atoms with E-state index in [9.17, 15) is 4.79 Å². The highest BCUT2D eigenvalue weighted by Gasteiger charge is 2.12. The molecule has 2 aromatic heterocycles. The Hall–Kier alpha value is -2.67. The Morgan fingerprint density at radius 2 is 1.96 bits per heavy atom. The average Bonchev–Trinajstić information content (AvgIpc) is 3.22. The number of ether oxygens (including phenoxy) is 1. The molecule has 0 saturated carbocycles. The van der Waals surface area contributed by atoms with Gasteiger partial charge in [-0.1, -0.05) is 53.3 Å². The van der Waals surface area contributed by atoms with E-state index in [1.54, 1.807) is 30.4 Å². The predicted molar refractivity (Wildman–Crippen MR) is 114 cm³/mol. The van der Waals surface area contributed by atoms with Crippen molar-refractivity contribution in [3.05, 3.63) is 85.6 Å². The lowest BCUT2D eigenvalue weighted by atomic mass is 10.2. The molecule has 0 bridgehead atoms. The van der Waals surface area contributed by atoms with E-state index in [0.29, 0.717) is 37.5 Å². The van der Waals surface area contributed by atoms with Crippen LogP contribution in [0.25, 0.3) is 22.4 Å². The van der Waals surface area contributed by atoms with Crippen LogP contribution in [0.3, 0.4) is 0 Å². The smallest absolute Gasteiger partial charge is 0.291 e. The summed E-state index contributed by atoms with van der Waals surface area (Å²) in [6, 6.07) is 12.5. The van der Waals surface area contributed by atoms with Gasteiger partial charge in [0.1, 0.15) is 12.4 Å². The Morgan fingerprint density at radius 3 is 2.64 bits per heavy atom. The van der Waals surface area contributed by atoms with Crippen LogP contribution in [0.5, 0.6) is 5.75 Å². The van der Waals surface area contributed by atoms with E-state index >= 15 is 0 Å². The lowest BCUT2D eigenvalue weighted by Gasteiger charge is -2.02. The van der Waals surface area contributed by atoms with Gasteiger partial charge in [-0.2, -0.15) is 9.50 Å². The van der Waals surface area contributed by atoms with Gasteiger partial charge in [-0.05, 0) is 48.0 Å². The first-order valence-electron chi connectivity index (χ1n) is 8.25. The van der Waals surface area contributed by atoms with Gasteiger partial charge >= 0.3 is 0 Å². The maximum absolute atomic E-state index is 12.7. The third kappa shape index (κ3) is 3.67. The summed E-state index contributed by atoms with van der Waals surface area (Å²) in [4.78, 5) is 17.7. The van der Waals surface area contributed by atoms with Crippen LogP contribution in [0.4, 0.5) is 0 Å². The molecule has 4 rings (SSSR count). The minimum absolute atomic E-state index is 0.240. The molecule has 0 fully saturated rings. The van der Waals surface area contributed by atoms with Crippen molar-refractivity contribution in [3.63, 3.8) is 0 Å². The maximum Gasteiger partial charge on any atom is 0.291 e. The molecule has 0 radical (unpaired) electrons. The Morgan fingerprint density at radius 1 is 1.18 bits per heavy atom.